The summed E-state index contributed by atoms with van der Waals surface area (Å²) in [7, 11) is 0. The van der Waals surface area contributed by atoms with E-state index in [1.807, 2.05) is 6.92 Å². The van der Waals surface area contributed by atoms with E-state index in [-0.39, 0.29) is 17.6 Å². The average Bonchev–Trinajstić information content (AvgIpc) is 2.26. The third kappa shape index (κ3) is 3.56. The molecule has 0 saturated heterocycles. The summed E-state index contributed by atoms with van der Waals surface area (Å²) in [6.45, 7) is 3.97. The molecule has 1 aromatic carbocycles. The zero-order valence-corrected chi connectivity index (χ0v) is 9.59. The lowest BCUT2D eigenvalue weighted by Crippen LogP contribution is -2.06. The summed E-state index contributed by atoms with van der Waals surface area (Å²) in [5.74, 6) is 5.48. The number of halogens is 1. The minimum Gasteiger partial charge on any atom is -0.490 e. The van der Waals surface area contributed by atoms with Crippen LogP contribution in [-0.2, 0) is 0 Å². The first-order valence-electron chi connectivity index (χ1n) is 5.22. The SMILES string of the molecule is CC#CCCOc1ccc(C(C)N)cc1F. The average molecular weight is 221 g/mol. The molecule has 0 fully saturated rings. The highest BCUT2D eigenvalue weighted by atomic mass is 19.1. The predicted octanol–water partition coefficient (Wildman–Crippen LogP) is 2.64. The Hall–Kier alpha value is -1.53. The molecule has 1 rings (SSSR count). The lowest BCUT2D eigenvalue weighted by Gasteiger charge is -2.09. The quantitative estimate of drug-likeness (QED) is 0.626. The highest BCUT2D eigenvalue weighted by Gasteiger charge is 2.06. The largest absolute Gasteiger partial charge is 0.490 e. The van der Waals surface area contributed by atoms with Gasteiger partial charge in [-0.3, -0.25) is 0 Å². The monoisotopic (exact) mass is 221 g/mol. The molecular weight excluding hydrogens is 205 g/mol. The summed E-state index contributed by atoms with van der Waals surface area (Å²) < 4.78 is 18.8. The van der Waals surface area contributed by atoms with Gasteiger partial charge >= 0.3 is 0 Å². The lowest BCUT2D eigenvalue weighted by molar-refractivity contribution is 0.309. The number of hydrogen-bond donors (Lipinski definition) is 1. The Morgan fingerprint density at radius 3 is 2.81 bits per heavy atom. The summed E-state index contributed by atoms with van der Waals surface area (Å²) in [4.78, 5) is 0. The van der Waals surface area contributed by atoms with E-state index < -0.39 is 0 Å². The number of ether oxygens (including phenoxy) is 1. The fourth-order valence-electron chi connectivity index (χ4n) is 1.25. The van der Waals surface area contributed by atoms with Gasteiger partial charge in [0.25, 0.3) is 0 Å². The van der Waals surface area contributed by atoms with Gasteiger partial charge in [0.15, 0.2) is 11.6 Å². The molecule has 0 aliphatic heterocycles. The zero-order chi connectivity index (χ0) is 12.0. The molecule has 0 spiro atoms. The van der Waals surface area contributed by atoms with E-state index in [1.165, 1.54) is 6.07 Å². The molecular formula is C13H16FNO. The van der Waals surface area contributed by atoms with E-state index in [0.29, 0.717) is 13.0 Å². The number of benzene rings is 1. The second-order valence-electron chi connectivity index (χ2n) is 3.50. The minimum atomic E-state index is -0.376. The van der Waals surface area contributed by atoms with Crippen LogP contribution in [0.5, 0.6) is 5.75 Å². The maximum atomic E-state index is 13.5. The Kier molecular flexibility index (Phi) is 4.81. The fraction of sp³-hybridized carbons (Fsp3) is 0.385. The molecule has 16 heavy (non-hydrogen) atoms. The van der Waals surface area contributed by atoms with Crippen molar-refractivity contribution < 1.29 is 9.13 Å². The highest BCUT2D eigenvalue weighted by Crippen LogP contribution is 2.21. The van der Waals surface area contributed by atoms with E-state index in [1.54, 1.807) is 19.1 Å². The molecule has 2 N–H and O–H groups in total. The second-order valence-corrected chi connectivity index (χ2v) is 3.50. The van der Waals surface area contributed by atoms with Crippen LogP contribution in [0.1, 0.15) is 31.9 Å². The molecule has 0 aliphatic carbocycles. The third-order valence-electron chi connectivity index (χ3n) is 2.14. The van der Waals surface area contributed by atoms with Crippen molar-refractivity contribution in [3.8, 4) is 17.6 Å². The number of rotatable bonds is 4. The maximum absolute atomic E-state index is 13.5. The van der Waals surface area contributed by atoms with Gasteiger partial charge in [0.1, 0.15) is 0 Å². The van der Waals surface area contributed by atoms with Crippen LogP contribution >= 0.6 is 0 Å². The molecule has 0 bridgehead atoms. The van der Waals surface area contributed by atoms with Crippen LogP contribution < -0.4 is 10.5 Å². The fourth-order valence-corrected chi connectivity index (χ4v) is 1.25. The van der Waals surface area contributed by atoms with Gasteiger partial charge in [-0.1, -0.05) is 6.07 Å². The second kappa shape index (κ2) is 6.14. The summed E-state index contributed by atoms with van der Waals surface area (Å²) in [5.41, 5.74) is 6.41. The molecule has 0 aromatic heterocycles. The normalized spacial score (nSPS) is 11.5. The third-order valence-corrected chi connectivity index (χ3v) is 2.14. The Morgan fingerprint density at radius 2 is 2.25 bits per heavy atom. The van der Waals surface area contributed by atoms with Crippen LogP contribution in [0.3, 0.4) is 0 Å². The molecule has 0 amide bonds. The molecule has 2 nitrogen and oxygen atoms in total. The van der Waals surface area contributed by atoms with Crippen molar-refractivity contribution >= 4 is 0 Å². The molecule has 0 heterocycles. The first kappa shape index (κ1) is 12.5. The topological polar surface area (TPSA) is 35.2 Å². The van der Waals surface area contributed by atoms with Crippen molar-refractivity contribution in [2.75, 3.05) is 6.61 Å². The Bertz CT molecular complexity index is 404. The molecule has 0 radical (unpaired) electrons. The van der Waals surface area contributed by atoms with Crippen molar-refractivity contribution in [3.05, 3.63) is 29.6 Å². The summed E-state index contributed by atoms with van der Waals surface area (Å²) >= 11 is 0. The first-order chi connectivity index (χ1) is 7.65. The standard InChI is InChI=1S/C13H16FNO/c1-3-4-5-8-16-13-7-6-11(10(2)15)9-12(13)14/h6-7,9-10H,5,8,15H2,1-2H3. The highest BCUT2D eigenvalue weighted by molar-refractivity contribution is 5.30. The smallest absolute Gasteiger partial charge is 0.165 e. The van der Waals surface area contributed by atoms with Crippen LogP contribution in [0.4, 0.5) is 4.39 Å². The van der Waals surface area contributed by atoms with Crippen LogP contribution in [0.15, 0.2) is 18.2 Å². The maximum Gasteiger partial charge on any atom is 0.165 e. The van der Waals surface area contributed by atoms with Crippen LogP contribution in [0.2, 0.25) is 0 Å². The Labute approximate surface area is 95.6 Å². The molecule has 0 aliphatic rings. The van der Waals surface area contributed by atoms with Gasteiger partial charge in [0.05, 0.1) is 6.61 Å². The van der Waals surface area contributed by atoms with Gasteiger partial charge in [-0.25, -0.2) is 4.39 Å². The van der Waals surface area contributed by atoms with Crippen molar-refractivity contribution in [2.24, 2.45) is 5.73 Å². The van der Waals surface area contributed by atoms with Gasteiger partial charge in [0.2, 0.25) is 0 Å². The van der Waals surface area contributed by atoms with E-state index >= 15 is 0 Å². The van der Waals surface area contributed by atoms with Crippen LogP contribution in [0.25, 0.3) is 0 Å². The number of hydrogen-bond acceptors (Lipinski definition) is 2. The van der Waals surface area contributed by atoms with Crippen molar-refractivity contribution in [1.29, 1.82) is 0 Å². The number of nitrogens with two attached hydrogens (primary N) is 1. The summed E-state index contributed by atoms with van der Waals surface area (Å²) in [5, 5.41) is 0. The van der Waals surface area contributed by atoms with E-state index in [2.05, 4.69) is 11.8 Å². The van der Waals surface area contributed by atoms with Crippen LogP contribution in [0, 0.1) is 17.7 Å². The summed E-state index contributed by atoms with van der Waals surface area (Å²) in [6, 6.07) is 4.61. The van der Waals surface area contributed by atoms with E-state index in [9.17, 15) is 4.39 Å². The van der Waals surface area contributed by atoms with Gasteiger partial charge in [0, 0.05) is 12.5 Å². The van der Waals surface area contributed by atoms with E-state index in [0.717, 1.165) is 5.56 Å². The zero-order valence-electron chi connectivity index (χ0n) is 9.59. The lowest BCUT2D eigenvalue weighted by atomic mass is 10.1. The van der Waals surface area contributed by atoms with Crippen LogP contribution in [-0.4, -0.2) is 6.61 Å². The first-order valence-corrected chi connectivity index (χ1v) is 5.22. The van der Waals surface area contributed by atoms with E-state index in [4.69, 9.17) is 10.5 Å². The minimum absolute atomic E-state index is 0.172. The Morgan fingerprint density at radius 1 is 1.50 bits per heavy atom. The molecule has 1 unspecified atom stereocenters. The van der Waals surface area contributed by atoms with Gasteiger partial charge in [-0.15, -0.1) is 11.8 Å². The predicted molar refractivity (Wildman–Crippen MR) is 62.6 cm³/mol. The van der Waals surface area contributed by atoms with Crippen molar-refractivity contribution in [2.45, 2.75) is 26.3 Å². The molecule has 3 heteroatoms. The van der Waals surface area contributed by atoms with Gasteiger partial charge in [-0.05, 0) is 31.5 Å². The Balaban J connectivity index is 2.63. The molecule has 1 atom stereocenters. The van der Waals surface area contributed by atoms with Gasteiger partial charge < -0.3 is 10.5 Å². The molecule has 86 valence electrons. The summed E-state index contributed by atoms with van der Waals surface area (Å²) in [6.07, 6.45) is 0.602. The van der Waals surface area contributed by atoms with Crippen molar-refractivity contribution in [1.82, 2.24) is 0 Å². The molecule has 0 saturated carbocycles. The van der Waals surface area contributed by atoms with Gasteiger partial charge in [-0.2, -0.15) is 0 Å². The molecule has 1 aromatic rings. The van der Waals surface area contributed by atoms with Crippen molar-refractivity contribution in [3.63, 3.8) is 0 Å².